The van der Waals surface area contributed by atoms with Crippen LogP contribution in [0.15, 0.2) is 36.7 Å². The van der Waals surface area contributed by atoms with E-state index in [2.05, 4.69) is 31.4 Å². The molecule has 0 radical (unpaired) electrons. The molecule has 174 valence electrons. The number of nitrogen functional groups attached to an aromatic ring is 1. The van der Waals surface area contributed by atoms with Crippen molar-refractivity contribution in [2.24, 2.45) is 0 Å². The molecule has 1 unspecified atom stereocenters. The van der Waals surface area contributed by atoms with E-state index in [4.69, 9.17) is 5.73 Å². The molecule has 0 aliphatic heterocycles. The van der Waals surface area contributed by atoms with Gasteiger partial charge in [-0.2, -0.15) is 10.4 Å². The Hall–Kier alpha value is -4.17. The summed E-state index contributed by atoms with van der Waals surface area (Å²) in [7, 11) is 0. The molecule has 0 bridgehead atoms. The lowest BCUT2D eigenvalue weighted by Gasteiger charge is -2.27. The molecule has 0 aliphatic rings. The van der Waals surface area contributed by atoms with E-state index in [1.165, 1.54) is 4.68 Å². The fraction of sp³-hybridized carbons (Fsp3) is 0.304. The van der Waals surface area contributed by atoms with Crippen LogP contribution >= 0.6 is 0 Å². The van der Waals surface area contributed by atoms with Gasteiger partial charge in [0, 0.05) is 11.8 Å². The second-order valence-corrected chi connectivity index (χ2v) is 8.58. The molecule has 0 amide bonds. The van der Waals surface area contributed by atoms with Crippen molar-refractivity contribution in [3.05, 3.63) is 59.3 Å². The summed E-state index contributed by atoms with van der Waals surface area (Å²) in [5, 5.41) is 32.2. The molecule has 0 fully saturated rings. The van der Waals surface area contributed by atoms with E-state index in [1.807, 2.05) is 13.0 Å². The summed E-state index contributed by atoms with van der Waals surface area (Å²) in [6.07, 6.45) is 3.20. The Morgan fingerprint density at radius 1 is 1.26 bits per heavy atom. The number of rotatable bonds is 6. The maximum absolute atomic E-state index is 14.9. The van der Waals surface area contributed by atoms with E-state index in [0.29, 0.717) is 23.2 Å². The fourth-order valence-electron chi connectivity index (χ4n) is 3.52. The third-order valence-electron chi connectivity index (χ3n) is 5.82. The Morgan fingerprint density at radius 2 is 2.03 bits per heavy atom. The first-order valence-corrected chi connectivity index (χ1v) is 10.6. The summed E-state index contributed by atoms with van der Waals surface area (Å²) in [4.78, 5) is 8.44. The summed E-state index contributed by atoms with van der Waals surface area (Å²) in [5.41, 5.74) is 7.46. The standard InChI is InChI=1S/C23H24FN9O/c1-13-15(10-25)6-5-7-17(13)22-28-20(19(24)21(26)29-22)18-12-32(31-30-18)11-16-8-9-27-33(16)14(2)23(3,4)34/h5-9,12,14,34H,11H2,1-4H3,(H2,26,28,29). The zero-order valence-electron chi connectivity index (χ0n) is 19.2. The van der Waals surface area contributed by atoms with E-state index in [-0.39, 0.29) is 29.1 Å². The molecule has 3 aromatic heterocycles. The second-order valence-electron chi connectivity index (χ2n) is 8.58. The highest BCUT2D eigenvalue weighted by atomic mass is 19.1. The van der Waals surface area contributed by atoms with Crippen molar-refractivity contribution in [1.29, 1.82) is 5.26 Å². The third kappa shape index (κ3) is 4.23. The van der Waals surface area contributed by atoms with Gasteiger partial charge in [-0.05, 0) is 45.4 Å². The van der Waals surface area contributed by atoms with Crippen LogP contribution in [0.2, 0.25) is 0 Å². The van der Waals surface area contributed by atoms with Gasteiger partial charge in [-0.25, -0.2) is 19.0 Å². The molecule has 0 aliphatic carbocycles. The smallest absolute Gasteiger partial charge is 0.193 e. The molecule has 3 heterocycles. The van der Waals surface area contributed by atoms with Crippen molar-refractivity contribution in [3.8, 4) is 28.8 Å². The molecular weight excluding hydrogens is 437 g/mol. The van der Waals surface area contributed by atoms with Crippen LogP contribution in [0.25, 0.3) is 22.8 Å². The van der Waals surface area contributed by atoms with Gasteiger partial charge in [0.15, 0.2) is 17.5 Å². The van der Waals surface area contributed by atoms with Gasteiger partial charge < -0.3 is 10.8 Å². The normalized spacial score (nSPS) is 12.5. The number of nitrogens with two attached hydrogens (primary N) is 1. The molecule has 3 N–H and O–H groups in total. The van der Waals surface area contributed by atoms with Crippen molar-refractivity contribution >= 4 is 5.82 Å². The first-order chi connectivity index (χ1) is 16.1. The lowest BCUT2D eigenvalue weighted by molar-refractivity contribution is 0.0245. The number of hydrogen-bond acceptors (Lipinski definition) is 8. The van der Waals surface area contributed by atoms with Crippen LogP contribution in [0.1, 0.15) is 43.6 Å². The summed E-state index contributed by atoms with van der Waals surface area (Å²) >= 11 is 0. The van der Waals surface area contributed by atoms with Crippen LogP contribution in [0.3, 0.4) is 0 Å². The predicted octanol–water partition coefficient (Wildman–Crippen LogP) is 2.88. The maximum Gasteiger partial charge on any atom is 0.193 e. The van der Waals surface area contributed by atoms with Gasteiger partial charge in [-0.15, -0.1) is 5.10 Å². The van der Waals surface area contributed by atoms with Crippen molar-refractivity contribution in [1.82, 2.24) is 34.7 Å². The van der Waals surface area contributed by atoms with Gasteiger partial charge in [-0.3, -0.25) is 4.68 Å². The van der Waals surface area contributed by atoms with Gasteiger partial charge in [0.25, 0.3) is 0 Å². The first kappa shape index (κ1) is 23.0. The average Bonchev–Trinajstić information content (AvgIpc) is 3.44. The van der Waals surface area contributed by atoms with Crippen LogP contribution in [-0.4, -0.2) is 45.4 Å². The Bertz CT molecular complexity index is 1390. The van der Waals surface area contributed by atoms with Gasteiger partial charge in [0.1, 0.15) is 11.4 Å². The maximum atomic E-state index is 14.9. The van der Waals surface area contributed by atoms with Crippen LogP contribution < -0.4 is 5.73 Å². The predicted molar refractivity (Wildman–Crippen MR) is 123 cm³/mol. The third-order valence-corrected chi connectivity index (χ3v) is 5.82. The number of nitrogens with zero attached hydrogens (tertiary/aromatic N) is 8. The summed E-state index contributed by atoms with van der Waals surface area (Å²) in [5.74, 6) is -0.936. The van der Waals surface area contributed by atoms with Crippen molar-refractivity contribution < 1.29 is 9.50 Å². The van der Waals surface area contributed by atoms with Crippen LogP contribution in [-0.2, 0) is 6.54 Å². The second kappa shape index (κ2) is 8.64. The molecule has 11 heteroatoms. The fourth-order valence-corrected chi connectivity index (χ4v) is 3.52. The van der Waals surface area contributed by atoms with Crippen LogP contribution in [0.5, 0.6) is 0 Å². The zero-order chi connectivity index (χ0) is 24.6. The van der Waals surface area contributed by atoms with Crippen LogP contribution in [0.4, 0.5) is 10.2 Å². The lowest BCUT2D eigenvalue weighted by Crippen LogP contribution is -2.32. The number of nitriles is 1. The molecule has 1 aromatic carbocycles. The monoisotopic (exact) mass is 461 g/mol. The molecule has 0 saturated heterocycles. The average molecular weight is 462 g/mol. The van der Waals surface area contributed by atoms with Crippen molar-refractivity contribution in [2.45, 2.75) is 45.9 Å². The largest absolute Gasteiger partial charge is 0.388 e. The minimum absolute atomic E-state index is 0.0890. The van der Waals surface area contributed by atoms with E-state index in [0.717, 1.165) is 5.69 Å². The SMILES string of the molecule is Cc1c(C#N)cccc1-c1nc(N)c(F)c(-c2cn(Cc3ccnn3C(C)C(C)(C)O)nn2)n1. The molecular formula is C23H24FN9O. The van der Waals surface area contributed by atoms with Crippen molar-refractivity contribution in [2.75, 3.05) is 5.73 Å². The van der Waals surface area contributed by atoms with Gasteiger partial charge in [-0.1, -0.05) is 17.3 Å². The molecule has 4 rings (SSSR count). The Morgan fingerprint density at radius 3 is 2.74 bits per heavy atom. The minimum Gasteiger partial charge on any atom is -0.388 e. The van der Waals surface area contributed by atoms with Crippen molar-refractivity contribution in [3.63, 3.8) is 0 Å². The van der Waals surface area contributed by atoms with E-state index in [1.54, 1.807) is 56.0 Å². The van der Waals surface area contributed by atoms with E-state index in [9.17, 15) is 14.8 Å². The van der Waals surface area contributed by atoms with Crippen LogP contribution in [0, 0.1) is 24.1 Å². The Kier molecular flexibility index (Phi) is 5.85. The molecule has 1 atom stereocenters. The molecule has 0 spiro atoms. The Labute approximate surface area is 195 Å². The van der Waals surface area contributed by atoms with E-state index >= 15 is 0 Å². The number of halogens is 1. The van der Waals surface area contributed by atoms with Gasteiger partial charge in [0.05, 0.1) is 41.7 Å². The van der Waals surface area contributed by atoms with Gasteiger partial charge in [0.2, 0.25) is 0 Å². The van der Waals surface area contributed by atoms with Gasteiger partial charge >= 0.3 is 0 Å². The molecule has 4 aromatic rings. The highest BCUT2D eigenvalue weighted by Gasteiger charge is 2.26. The molecule has 0 saturated carbocycles. The Balaban J connectivity index is 1.69. The number of hydrogen-bond donors (Lipinski definition) is 2. The summed E-state index contributed by atoms with van der Waals surface area (Å²) < 4.78 is 18.1. The molecule has 34 heavy (non-hydrogen) atoms. The summed E-state index contributed by atoms with van der Waals surface area (Å²) in [6, 6.07) is 8.78. The topological polar surface area (TPSA) is 144 Å². The molecule has 10 nitrogen and oxygen atoms in total. The van der Waals surface area contributed by atoms with E-state index < -0.39 is 11.4 Å². The minimum atomic E-state index is -0.979. The lowest BCUT2D eigenvalue weighted by atomic mass is 10.0. The number of benzene rings is 1. The number of aliphatic hydroxyl groups is 1. The number of aromatic nitrogens is 7. The summed E-state index contributed by atoms with van der Waals surface area (Å²) in [6.45, 7) is 7.36. The highest BCUT2D eigenvalue weighted by molar-refractivity contribution is 5.69. The first-order valence-electron chi connectivity index (χ1n) is 10.6. The zero-order valence-corrected chi connectivity index (χ0v) is 19.2. The number of anilines is 1. The highest BCUT2D eigenvalue weighted by Crippen LogP contribution is 2.29. The quantitative estimate of drug-likeness (QED) is 0.446.